The quantitative estimate of drug-likeness (QED) is 0.253. The van der Waals surface area contributed by atoms with Crippen LogP contribution in [-0.2, 0) is 38.4 Å². The van der Waals surface area contributed by atoms with E-state index in [9.17, 15) is 19.2 Å². The van der Waals surface area contributed by atoms with Gasteiger partial charge in [-0.2, -0.15) is 0 Å². The lowest BCUT2D eigenvalue weighted by molar-refractivity contribution is -0.202. The van der Waals surface area contributed by atoms with Gasteiger partial charge in [-0.05, 0) is 64.3 Å². The molecule has 1 unspecified atom stereocenters. The highest BCUT2D eigenvalue weighted by molar-refractivity contribution is 7.15. The molecule has 1 fully saturated rings. The van der Waals surface area contributed by atoms with Gasteiger partial charge in [-0.25, -0.2) is 14.6 Å². The zero-order valence-electron chi connectivity index (χ0n) is 28.4. The third-order valence-electron chi connectivity index (χ3n) is 7.35. The minimum absolute atomic E-state index is 0.0167. The van der Waals surface area contributed by atoms with Gasteiger partial charge in [0.05, 0.1) is 17.0 Å². The van der Waals surface area contributed by atoms with Gasteiger partial charge in [-0.3, -0.25) is 14.5 Å². The molecule has 0 bridgehead atoms. The first kappa shape index (κ1) is 36.6. The molecule has 0 radical (unpaired) electrons. The Labute approximate surface area is 275 Å². The maximum absolute atomic E-state index is 12.8. The predicted molar refractivity (Wildman–Crippen MR) is 178 cm³/mol. The van der Waals surface area contributed by atoms with E-state index in [1.54, 1.807) is 60.5 Å². The third-order valence-corrected chi connectivity index (χ3v) is 8.35. The second-order valence-corrected chi connectivity index (χ2v) is 15.0. The monoisotopic (exact) mass is 659 g/mol. The van der Waals surface area contributed by atoms with Crippen LogP contribution in [0.25, 0.3) is 0 Å². The number of ether oxygens (including phenoxy) is 2. The first-order chi connectivity index (χ1) is 21.3. The van der Waals surface area contributed by atoms with Crippen LogP contribution in [0.5, 0.6) is 0 Å². The van der Waals surface area contributed by atoms with Crippen molar-refractivity contribution in [2.24, 2.45) is 17.1 Å². The van der Waals surface area contributed by atoms with Crippen molar-refractivity contribution in [3.8, 4) is 0 Å². The Morgan fingerprint density at radius 2 is 1.70 bits per heavy atom. The van der Waals surface area contributed by atoms with E-state index in [1.807, 2.05) is 24.3 Å². The average molecular weight is 660 g/mol. The van der Waals surface area contributed by atoms with Gasteiger partial charge in [0.15, 0.2) is 5.13 Å². The summed E-state index contributed by atoms with van der Waals surface area (Å²) in [5.41, 5.74) is 6.37. The standard InChI is InChI=1S/C32H49N7O6S/c1-20(40)34-28-35-24(25(46-28)19-39-17-16-22(18-39)26(41)38(8)9)15-12-21-10-13-23(14-11-21)36-32(30(2,3)4,44-27(33)42)45-29(43)37-31(5,6)7/h10-11,13-14,22,36H,12,15-19H2,1-9H3,(H2,33,42)(H,37,43)(H,34,35,40)/t22-,32?/m1/s1. The van der Waals surface area contributed by atoms with Gasteiger partial charge in [0, 0.05) is 50.2 Å². The van der Waals surface area contributed by atoms with Crippen LogP contribution in [0.1, 0.15) is 71.0 Å². The molecule has 1 aromatic carbocycles. The third kappa shape index (κ3) is 10.3. The van der Waals surface area contributed by atoms with E-state index in [2.05, 4.69) is 20.9 Å². The predicted octanol–water partition coefficient (Wildman–Crippen LogP) is 4.53. The van der Waals surface area contributed by atoms with E-state index in [1.165, 1.54) is 18.3 Å². The molecule has 1 aliphatic heterocycles. The van der Waals surface area contributed by atoms with Crippen molar-refractivity contribution in [1.29, 1.82) is 0 Å². The molecule has 4 amide bonds. The number of aryl methyl sites for hydroxylation is 2. The smallest absolute Gasteiger partial charge is 0.387 e. The summed E-state index contributed by atoms with van der Waals surface area (Å²) in [6, 6.07) is 7.46. The van der Waals surface area contributed by atoms with Crippen LogP contribution in [0.3, 0.4) is 0 Å². The fraction of sp³-hybridized carbons (Fsp3) is 0.594. The van der Waals surface area contributed by atoms with Gasteiger partial charge in [-0.1, -0.05) is 32.9 Å². The van der Waals surface area contributed by atoms with Crippen LogP contribution in [0, 0.1) is 11.3 Å². The minimum atomic E-state index is -1.91. The van der Waals surface area contributed by atoms with Gasteiger partial charge >= 0.3 is 18.1 Å². The first-order valence-electron chi connectivity index (χ1n) is 15.3. The number of primary amides is 1. The molecule has 0 aliphatic carbocycles. The largest absolute Gasteiger partial charge is 0.412 e. The number of carbonyl (C=O) groups is 4. The highest BCUT2D eigenvalue weighted by Gasteiger charge is 2.50. The van der Waals surface area contributed by atoms with E-state index >= 15 is 0 Å². The number of carbonyl (C=O) groups excluding carboxylic acids is 4. The van der Waals surface area contributed by atoms with Crippen LogP contribution >= 0.6 is 11.3 Å². The molecule has 2 atom stereocenters. The Kier molecular flexibility index (Phi) is 11.7. The van der Waals surface area contributed by atoms with Crippen LogP contribution in [0.2, 0.25) is 0 Å². The Balaban J connectivity index is 1.75. The molecule has 5 N–H and O–H groups in total. The molecule has 0 spiro atoms. The summed E-state index contributed by atoms with van der Waals surface area (Å²) in [4.78, 5) is 58.7. The van der Waals surface area contributed by atoms with Crippen LogP contribution in [0.15, 0.2) is 24.3 Å². The number of likely N-dealkylation sites (tertiary alicyclic amines) is 1. The van der Waals surface area contributed by atoms with Crippen molar-refractivity contribution in [3.63, 3.8) is 0 Å². The fourth-order valence-electron chi connectivity index (χ4n) is 5.03. The maximum Gasteiger partial charge on any atom is 0.412 e. The number of rotatable bonds is 11. The van der Waals surface area contributed by atoms with Crippen LogP contribution in [0.4, 0.5) is 20.4 Å². The fourth-order valence-corrected chi connectivity index (χ4v) is 6.13. The average Bonchev–Trinajstić information content (AvgIpc) is 3.52. The zero-order valence-corrected chi connectivity index (χ0v) is 29.2. The zero-order chi connectivity index (χ0) is 34.4. The van der Waals surface area contributed by atoms with Crippen LogP contribution < -0.4 is 21.7 Å². The van der Waals surface area contributed by atoms with Crippen molar-refractivity contribution in [3.05, 3.63) is 40.4 Å². The van der Waals surface area contributed by atoms with Gasteiger partial charge in [-0.15, -0.1) is 11.3 Å². The number of nitrogens with two attached hydrogens (primary N) is 1. The molecule has 254 valence electrons. The molecule has 1 aromatic heterocycles. The van der Waals surface area contributed by atoms with Gasteiger partial charge in [0.25, 0.3) is 0 Å². The number of alkyl carbamates (subject to hydrolysis) is 1. The summed E-state index contributed by atoms with van der Waals surface area (Å²) in [6.07, 6.45) is 0.245. The van der Waals surface area contributed by atoms with Crippen molar-refractivity contribution < 1.29 is 28.7 Å². The van der Waals surface area contributed by atoms with E-state index in [0.717, 1.165) is 29.1 Å². The molecule has 2 heterocycles. The summed E-state index contributed by atoms with van der Waals surface area (Å²) in [6.45, 7) is 14.3. The second-order valence-electron chi connectivity index (χ2n) is 13.9. The molecule has 13 nitrogen and oxygen atoms in total. The van der Waals surface area contributed by atoms with Gasteiger partial charge < -0.3 is 36.1 Å². The Hall–Kier alpha value is -3.91. The van der Waals surface area contributed by atoms with Gasteiger partial charge in [0.2, 0.25) is 11.8 Å². The lowest BCUT2D eigenvalue weighted by atomic mass is 9.90. The number of benzene rings is 1. The van der Waals surface area contributed by atoms with Gasteiger partial charge in [0.1, 0.15) is 0 Å². The molecular formula is C32H49N7O6S. The molecule has 46 heavy (non-hydrogen) atoms. The Morgan fingerprint density at radius 1 is 1.04 bits per heavy atom. The number of hydrogen-bond donors (Lipinski definition) is 4. The SMILES string of the molecule is CC(=O)Nc1nc(CCc2ccc(NC(OC(N)=O)(OC(=O)NC(C)(C)C)C(C)(C)C)cc2)c(CN2CC[C@@H](C(=O)N(C)C)C2)s1. The molecule has 1 aliphatic rings. The summed E-state index contributed by atoms with van der Waals surface area (Å²) < 4.78 is 11.1. The summed E-state index contributed by atoms with van der Waals surface area (Å²) in [7, 11) is 3.57. The van der Waals surface area contributed by atoms with E-state index in [-0.39, 0.29) is 17.7 Å². The Bertz CT molecular complexity index is 1400. The molecule has 3 rings (SSSR count). The normalized spacial score (nSPS) is 16.7. The van der Waals surface area contributed by atoms with Crippen molar-refractivity contribution in [2.75, 3.05) is 37.8 Å². The van der Waals surface area contributed by atoms with Crippen molar-refractivity contribution in [1.82, 2.24) is 20.1 Å². The highest BCUT2D eigenvalue weighted by Crippen LogP contribution is 2.37. The number of thiazole rings is 1. The number of hydrogen-bond acceptors (Lipinski definition) is 10. The summed E-state index contributed by atoms with van der Waals surface area (Å²) in [5, 5.41) is 9.16. The number of anilines is 2. The lowest BCUT2D eigenvalue weighted by Crippen LogP contribution is -2.59. The van der Waals surface area contributed by atoms with E-state index in [4.69, 9.17) is 20.2 Å². The van der Waals surface area contributed by atoms with Crippen LogP contribution in [-0.4, -0.2) is 77.4 Å². The molecule has 14 heteroatoms. The molecule has 1 saturated heterocycles. The summed E-state index contributed by atoms with van der Waals surface area (Å²) >= 11 is 1.46. The van der Waals surface area contributed by atoms with E-state index in [0.29, 0.717) is 36.8 Å². The number of nitrogens with zero attached hydrogens (tertiary/aromatic N) is 3. The van der Waals surface area contributed by atoms with Crippen molar-refractivity contribution in [2.45, 2.75) is 85.7 Å². The number of aromatic nitrogens is 1. The molecule has 2 aromatic rings. The topological polar surface area (TPSA) is 168 Å². The second kappa shape index (κ2) is 14.7. The molecular weight excluding hydrogens is 610 g/mol. The number of amides is 4. The lowest BCUT2D eigenvalue weighted by Gasteiger charge is -2.42. The van der Waals surface area contributed by atoms with E-state index < -0.39 is 29.1 Å². The van der Waals surface area contributed by atoms with Crippen molar-refractivity contribution >= 4 is 46.2 Å². The number of nitrogens with one attached hydrogen (secondary N) is 3. The summed E-state index contributed by atoms with van der Waals surface area (Å²) in [5.74, 6) is -1.96. The Morgan fingerprint density at radius 3 is 2.24 bits per heavy atom. The maximum atomic E-state index is 12.8. The minimum Gasteiger partial charge on any atom is -0.387 e. The first-order valence-corrected chi connectivity index (χ1v) is 16.1. The molecule has 0 saturated carbocycles. The highest BCUT2D eigenvalue weighted by atomic mass is 32.1.